The summed E-state index contributed by atoms with van der Waals surface area (Å²) in [6.07, 6.45) is 0. The molecule has 42 valence electrons. The first-order valence-electron chi connectivity index (χ1n) is 2.43. The van der Waals surface area contributed by atoms with Crippen LogP contribution >= 0.6 is 0 Å². The van der Waals surface area contributed by atoms with Gasteiger partial charge in [0.15, 0.2) is 0 Å². The molecule has 0 fully saturated rings. The van der Waals surface area contributed by atoms with Crippen molar-refractivity contribution >= 4 is 0 Å². The van der Waals surface area contributed by atoms with Gasteiger partial charge in [0.25, 0.3) is 0 Å². The van der Waals surface area contributed by atoms with Crippen molar-refractivity contribution in [3.05, 3.63) is 30.3 Å². The number of ether oxygens (including phenoxy) is 1. The van der Waals surface area contributed by atoms with Gasteiger partial charge in [0.1, 0.15) is 0 Å². The minimum Gasteiger partial charge on any atom is -0.554 e. The molecule has 0 aliphatic rings. The van der Waals surface area contributed by atoms with Crippen LogP contribution in [-0.4, -0.2) is 7.11 Å². The molecule has 1 rings (SSSR count). The van der Waals surface area contributed by atoms with Crippen molar-refractivity contribution in [1.82, 2.24) is 0 Å². The van der Waals surface area contributed by atoms with Crippen LogP contribution in [0.15, 0.2) is 24.3 Å². The van der Waals surface area contributed by atoms with Crippen LogP contribution in [-0.2, 0) is 0 Å². The van der Waals surface area contributed by atoms with E-state index in [1.807, 2.05) is 18.2 Å². The van der Waals surface area contributed by atoms with Gasteiger partial charge in [-0.3, -0.25) is 0 Å². The van der Waals surface area contributed by atoms with Gasteiger partial charge in [0.2, 0.25) is 0 Å². The van der Waals surface area contributed by atoms with E-state index in [0.717, 1.165) is 5.75 Å². The molecule has 1 aromatic carbocycles. The second-order valence-electron chi connectivity index (χ2n) is 1.44. The van der Waals surface area contributed by atoms with Gasteiger partial charge in [0, 0.05) is 5.75 Å². The molecule has 1 aromatic rings. The maximum Gasteiger partial charge on any atom is 1.00 e. The Kier molecular flexibility index (Phi) is 4.30. The van der Waals surface area contributed by atoms with Gasteiger partial charge < -0.3 is 4.74 Å². The molecule has 0 N–H and O–H groups in total. The Bertz CT molecular complexity index is 150. The molecule has 0 aromatic heterocycles. The summed E-state index contributed by atoms with van der Waals surface area (Å²) in [4.78, 5) is 0. The van der Waals surface area contributed by atoms with Crippen LogP contribution in [0.1, 0.15) is 0 Å². The van der Waals surface area contributed by atoms with Gasteiger partial charge in [-0.1, -0.05) is 0 Å². The third-order valence-corrected chi connectivity index (χ3v) is 0.914. The fourth-order valence-electron chi connectivity index (χ4n) is 0.504. The second-order valence-corrected chi connectivity index (χ2v) is 1.44. The second kappa shape index (κ2) is 4.49. The maximum absolute atomic E-state index is 4.88. The van der Waals surface area contributed by atoms with Crippen molar-refractivity contribution < 1.29 is 23.6 Å². The van der Waals surface area contributed by atoms with Crippen LogP contribution in [0.25, 0.3) is 0 Å². The van der Waals surface area contributed by atoms with Crippen LogP contribution in [0.5, 0.6) is 5.75 Å². The monoisotopic (exact) mass is 114 g/mol. The predicted molar refractivity (Wildman–Crippen MR) is 31.8 cm³/mol. The number of rotatable bonds is 1. The maximum atomic E-state index is 4.88. The van der Waals surface area contributed by atoms with Crippen molar-refractivity contribution in [3.8, 4) is 5.75 Å². The summed E-state index contributed by atoms with van der Waals surface area (Å²) in [5.41, 5.74) is 0. The molecule has 0 unspecified atom stereocenters. The van der Waals surface area contributed by atoms with E-state index in [9.17, 15) is 0 Å². The van der Waals surface area contributed by atoms with Gasteiger partial charge in [-0.2, -0.15) is 18.2 Å². The Morgan fingerprint density at radius 2 is 2.33 bits per heavy atom. The summed E-state index contributed by atoms with van der Waals surface area (Å²) in [5, 5.41) is 0. The molecule has 9 heavy (non-hydrogen) atoms. The van der Waals surface area contributed by atoms with Crippen LogP contribution < -0.4 is 23.6 Å². The molecular weight excluding hydrogens is 107 g/mol. The molecule has 0 radical (unpaired) electrons. The van der Waals surface area contributed by atoms with Crippen LogP contribution in [0.4, 0.5) is 0 Å². The summed E-state index contributed by atoms with van der Waals surface area (Å²) in [6, 6.07) is 10.3. The Morgan fingerprint density at radius 1 is 1.56 bits per heavy atom. The van der Waals surface area contributed by atoms with Gasteiger partial charge in [-0.25, -0.2) is 0 Å². The van der Waals surface area contributed by atoms with E-state index in [0.29, 0.717) is 0 Å². The number of hydrogen-bond donors (Lipinski definition) is 0. The Balaban J connectivity index is 0.000000640. The van der Waals surface area contributed by atoms with Crippen molar-refractivity contribution in [1.29, 1.82) is 0 Å². The van der Waals surface area contributed by atoms with E-state index in [-0.39, 0.29) is 18.9 Å². The largest absolute Gasteiger partial charge is 1.00 e. The molecule has 0 bridgehead atoms. The Morgan fingerprint density at radius 3 is 2.67 bits per heavy atom. The fourth-order valence-corrected chi connectivity index (χ4v) is 0.504. The van der Waals surface area contributed by atoms with E-state index < -0.39 is 0 Å². The first-order chi connectivity index (χ1) is 3.93. The molecule has 0 saturated carbocycles. The van der Waals surface area contributed by atoms with Gasteiger partial charge in [0.05, 0.1) is 7.11 Å². The summed E-state index contributed by atoms with van der Waals surface area (Å²) < 4.78 is 4.88. The molecule has 0 aliphatic heterocycles. The number of hydrogen-bond acceptors (Lipinski definition) is 1. The topological polar surface area (TPSA) is 9.23 Å². The van der Waals surface area contributed by atoms with E-state index >= 15 is 0 Å². The first kappa shape index (κ1) is 8.62. The van der Waals surface area contributed by atoms with Crippen molar-refractivity contribution in [2.75, 3.05) is 7.11 Å². The Labute approximate surface area is 67.2 Å². The van der Waals surface area contributed by atoms with Crippen molar-refractivity contribution in [3.63, 3.8) is 0 Å². The normalized spacial score (nSPS) is 7.67. The summed E-state index contributed by atoms with van der Waals surface area (Å²) in [6.45, 7) is 0. The number of benzene rings is 1. The van der Waals surface area contributed by atoms with Crippen LogP contribution in [0.2, 0.25) is 0 Å². The molecule has 2 heteroatoms. The predicted octanol–water partition coefficient (Wildman–Crippen LogP) is -1.50. The molecule has 0 aliphatic carbocycles. The fraction of sp³-hybridized carbons (Fsp3) is 0.143. The average molecular weight is 114 g/mol. The van der Waals surface area contributed by atoms with E-state index in [4.69, 9.17) is 4.74 Å². The summed E-state index contributed by atoms with van der Waals surface area (Å²) in [5.74, 6) is 0.854. The Hall–Kier alpha value is -0.383. The van der Waals surface area contributed by atoms with Crippen molar-refractivity contribution in [2.24, 2.45) is 0 Å². The summed E-state index contributed by atoms with van der Waals surface area (Å²) >= 11 is 0. The molecule has 0 atom stereocenters. The quantitative estimate of drug-likeness (QED) is 0.319. The zero-order chi connectivity index (χ0) is 5.82. The third-order valence-electron chi connectivity index (χ3n) is 0.914. The smallest absolute Gasteiger partial charge is 0.554 e. The molecule has 1 nitrogen and oxygen atoms in total. The van der Waals surface area contributed by atoms with E-state index in [1.54, 1.807) is 13.2 Å². The minimum absolute atomic E-state index is 0. The third kappa shape index (κ3) is 2.60. The van der Waals surface area contributed by atoms with Crippen molar-refractivity contribution in [2.45, 2.75) is 0 Å². The van der Waals surface area contributed by atoms with Gasteiger partial charge in [-0.15, -0.1) is 12.1 Å². The minimum atomic E-state index is 0. The molecule has 0 heterocycles. The van der Waals surface area contributed by atoms with Gasteiger partial charge >= 0.3 is 18.9 Å². The van der Waals surface area contributed by atoms with E-state index in [1.165, 1.54) is 0 Å². The standard InChI is InChI=1S/C7H7O.Li/c1-8-7-5-3-2-4-6-7;/h2-3,5-6H,1H3;/q-1;+1. The average Bonchev–Trinajstić information content (AvgIpc) is 1.90. The molecule has 0 saturated heterocycles. The van der Waals surface area contributed by atoms with Crippen LogP contribution in [0, 0.1) is 6.07 Å². The van der Waals surface area contributed by atoms with E-state index in [2.05, 4.69) is 6.07 Å². The zero-order valence-corrected chi connectivity index (χ0v) is 5.72. The molecular formula is C7H7LiO. The zero-order valence-electron chi connectivity index (χ0n) is 5.72. The number of methoxy groups -OCH3 is 1. The molecule has 0 spiro atoms. The van der Waals surface area contributed by atoms with Gasteiger partial charge in [-0.05, 0) is 0 Å². The first-order valence-corrected chi connectivity index (χ1v) is 2.43. The summed E-state index contributed by atoms with van der Waals surface area (Å²) in [7, 11) is 1.64. The van der Waals surface area contributed by atoms with Crippen LogP contribution in [0.3, 0.4) is 0 Å². The SMILES string of the molecule is COc1c[c-]ccc1.[Li+]. The molecule has 0 amide bonds.